The molecule has 0 saturated carbocycles. The molecule has 1 aromatic heterocycles. The van der Waals surface area contributed by atoms with Gasteiger partial charge in [-0.25, -0.2) is 0 Å². The van der Waals surface area contributed by atoms with Crippen molar-refractivity contribution in [2.45, 2.75) is 20.3 Å². The zero-order valence-corrected chi connectivity index (χ0v) is 18.8. The Morgan fingerprint density at radius 3 is 2.42 bits per heavy atom. The van der Waals surface area contributed by atoms with Crippen molar-refractivity contribution in [3.8, 4) is 11.4 Å². The SMILES string of the molecule is COc1ccccc1N1CC(C(=O)NNC(=O)c2cc(C)n(-c3ccccc3)c2C)CC1=O. The molecule has 2 aromatic carbocycles. The van der Waals surface area contributed by atoms with E-state index in [1.807, 2.05) is 60.9 Å². The highest BCUT2D eigenvalue weighted by Gasteiger charge is 2.36. The Morgan fingerprint density at radius 2 is 1.70 bits per heavy atom. The molecule has 0 spiro atoms. The fourth-order valence-corrected chi connectivity index (χ4v) is 4.22. The van der Waals surface area contributed by atoms with Crippen LogP contribution in [0.1, 0.15) is 28.2 Å². The molecule has 4 rings (SSSR count). The van der Waals surface area contributed by atoms with Gasteiger partial charge in [0.1, 0.15) is 5.75 Å². The molecule has 170 valence electrons. The third-order valence-electron chi connectivity index (χ3n) is 5.86. The topological polar surface area (TPSA) is 92.7 Å². The summed E-state index contributed by atoms with van der Waals surface area (Å²) < 4.78 is 7.31. The quantitative estimate of drug-likeness (QED) is 0.590. The Hall–Kier alpha value is -4.07. The van der Waals surface area contributed by atoms with E-state index in [0.717, 1.165) is 17.1 Å². The molecule has 1 aliphatic rings. The Bertz CT molecular complexity index is 1200. The number of anilines is 1. The predicted octanol–water partition coefficient (Wildman–Crippen LogP) is 2.92. The second kappa shape index (κ2) is 9.20. The highest BCUT2D eigenvalue weighted by atomic mass is 16.5. The summed E-state index contributed by atoms with van der Waals surface area (Å²) in [5.74, 6) is -1.01. The number of rotatable bonds is 5. The summed E-state index contributed by atoms with van der Waals surface area (Å²) >= 11 is 0. The molecule has 0 radical (unpaired) electrons. The van der Waals surface area contributed by atoms with Crippen LogP contribution in [0.5, 0.6) is 5.75 Å². The Balaban J connectivity index is 1.42. The van der Waals surface area contributed by atoms with Crippen LogP contribution in [0.2, 0.25) is 0 Å². The number of benzene rings is 2. The number of amides is 3. The average Bonchev–Trinajstić information content (AvgIpc) is 3.36. The van der Waals surface area contributed by atoms with E-state index in [1.54, 1.807) is 23.1 Å². The van der Waals surface area contributed by atoms with Crippen LogP contribution in [0.3, 0.4) is 0 Å². The third-order valence-corrected chi connectivity index (χ3v) is 5.86. The van der Waals surface area contributed by atoms with Crippen LogP contribution in [0.15, 0.2) is 60.7 Å². The van der Waals surface area contributed by atoms with Gasteiger partial charge in [0.15, 0.2) is 0 Å². The largest absolute Gasteiger partial charge is 0.495 e. The summed E-state index contributed by atoms with van der Waals surface area (Å²) in [5, 5.41) is 0. The van der Waals surface area contributed by atoms with Crippen LogP contribution in [-0.4, -0.2) is 35.9 Å². The minimum Gasteiger partial charge on any atom is -0.495 e. The first kappa shape index (κ1) is 22.1. The van der Waals surface area contributed by atoms with Crippen molar-refractivity contribution in [2.24, 2.45) is 5.92 Å². The standard InChI is InChI=1S/C25H26N4O4/c1-16-13-20(17(2)29(16)19-9-5-4-6-10-19)25(32)27-26-24(31)18-14-23(30)28(15-18)21-11-7-8-12-22(21)33-3/h4-13,18H,14-15H2,1-3H3,(H,26,31)(H,27,32). The lowest BCUT2D eigenvalue weighted by Crippen LogP contribution is -2.45. The second-order valence-electron chi connectivity index (χ2n) is 7.98. The molecule has 0 bridgehead atoms. The molecular formula is C25H26N4O4. The predicted molar refractivity (Wildman–Crippen MR) is 124 cm³/mol. The van der Waals surface area contributed by atoms with E-state index >= 15 is 0 Å². The van der Waals surface area contributed by atoms with Crippen LogP contribution in [0, 0.1) is 19.8 Å². The lowest BCUT2D eigenvalue weighted by atomic mass is 10.1. The summed E-state index contributed by atoms with van der Waals surface area (Å²) in [5.41, 5.74) is 8.70. The van der Waals surface area contributed by atoms with Gasteiger partial charge in [-0.2, -0.15) is 0 Å². The molecule has 1 atom stereocenters. The zero-order valence-electron chi connectivity index (χ0n) is 18.8. The highest BCUT2D eigenvalue weighted by Crippen LogP contribution is 2.32. The number of carbonyl (C=O) groups excluding carboxylic acids is 3. The highest BCUT2D eigenvalue weighted by molar-refractivity contribution is 6.02. The molecule has 2 heterocycles. The Labute approximate surface area is 192 Å². The summed E-state index contributed by atoms with van der Waals surface area (Å²) in [7, 11) is 1.54. The summed E-state index contributed by atoms with van der Waals surface area (Å²) in [6.07, 6.45) is 0.0578. The van der Waals surface area contributed by atoms with Crippen LogP contribution in [0.4, 0.5) is 5.69 Å². The molecule has 2 N–H and O–H groups in total. The molecule has 0 aliphatic carbocycles. The van der Waals surface area contributed by atoms with E-state index < -0.39 is 17.7 Å². The number of aromatic nitrogens is 1. The number of hydrogen-bond acceptors (Lipinski definition) is 4. The van der Waals surface area contributed by atoms with E-state index in [2.05, 4.69) is 10.9 Å². The average molecular weight is 447 g/mol. The van der Waals surface area contributed by atoms with Crippen molar-refractivity contribution in [2.75, 3.05) is 18.6 Å². The van der Waals surface area contributed by atoms with Gasteiger partial charge >= 0.3 is 0 Å². The molecule has 1 saturated heterocycles. The lowest BCUT2D eigenvalue weighted by molar-refractivity contribution is -0.126. The molecule has 1 fully saturated rings. The lowest BCUT2D eigenvalue weighted by Gasteiger charge is -2.19. The first-order valence-corrected chi connectivity index (χ1v) is 10.7. The van der Waals surface area contributed by atoms with Crippen molar-refractivity contribution in [3.05, 3.63) is 77.6 Å². The summed E-state index contributed by atoms with van der Waals surface area (Å²) in [6, 6.07) is 18.7. The van der Waals surface area contributed by atoms with Crippen molar-refractivity contribution in [1.29, 1.82) is 0 Å². The van der Waals surface area contributed by atoms with Gasteiger partial charge in [-0.15, -0.1) is 0 Å². The normalized spacial score (nSPS) is 15.4. The number of ether oxygens (including phenoxy) is 1. The number of nitrogens with one attached hydrogen (secondary N) is 2. The van der Waals surface area contributed by atoms with Gasteiger partial charge in [-0.05, 0) is 44.2 Å². The van der Waals surface area contributed by atoms with Gasteiger partial charge in [0.25, 0.3) is 5.91 Å². The number of para-hydroxylation sites is 3. The van der Waals surface area contributed by atoms with Crippen molar-refractivity contribution < 1.29 is 19.1 Å². The number of hydrogen-bond donors (Lipinski definition) is 2. The van der Waals surface area contributed by atoms with E-state index in [9.17, 15) is 14.4 Å². The second-order valence-corrected chi connectivity index (χ2v) is 7.98. The number of aryl methyl sites for hydroxylation is 1. The molecule has 1 aliphatic heterocycles. The zero-order chi connectivity index (χ0) is 23.5. The molecule has 33 heavy (non-hydrogen) atoms. The first-order chi connectivity index (χ1) is 15.9. The van der Waals surface area contributed by atoms with E-state index in [0.29, 0.717) is 17.0 Å². The number of methoxy groups -OCH3 is 1. The molecule has 3 aromatic rings. The summed E-state index contributed by atoms with van der Waals surface area (Å²) in [6.45, 7) is 3.99. The Kier molecular flexibility index (Phi) is 6.17. The number of carbonyl (C=O) groups is 3. The maximum absolute atomic E-state index is 12.8. The maximum atomic E-state index is 12.8. The monoisotopic (exact) mass is 446 g/mol. The molecule has 3 amide bonds. The molecule has 8 nitrogen and oxygen atoms in total. The smallest absolute Gasteiger partial charge is 0.271 e. The van der Waals surface area contributed by atoms with Gasteiger partial charge in [-0.1, -0.05) is 30.3 Å². The van der Waals surface area contributed by atoms with E-state index in [1.165, 1.54) is 7.11 Å². The number of hydrazine groups is 1. The fourth-order valence-electron chi connectivity index (χ4n) is 4.22. The van der Waals surface area contributed by atoms with E-state index in [4.69, 9.17) is 4.74 Å². The number of nitrogens with zero attached hydrogens (tertiary/aromatic N) is 2. The van der Waals surface area contributed by atoms with E-state index in [-0.39, 0.29) is 18.9 Å². The molecular weight excluding hydrogens is 420 g/mol. The van der Waals surface area contributed by atoms with Crippen LogP contribution >= 0.6 is 0 Å². The first-order valence-electron chi connectivity index (χ1n) is 10.7. The van der Waals surface area contributed by atoms with Crippen LogP contribution in [-0.2, 0) is 9.59 Å². The Morgan fingerprint density at radius 1 is 1.00 bits per heavy atom. The minimum absolute atomic E-state index is 0.0578. The van der Waals surface area contributed by atoms with Gasteiger partial charge in [-0.3, -0.25) is 25.2 Å². The fraction of sp³-hybridized carbons (Fsp3) is 0.240. The maximum Gasteiger partial charge on any atom is 0.271 e. The van der Waals surface area contributed by atoms with Gasteiger partial charge in [0.2, 0.25) is 11.8 Å². The van der Waals surface area contributed by atoms with Crippen LogP contribution < -0.4 is 20.5 Å². The van der Waals surface area contributed by atoms with Gasteiger partial charge in [0.05, 0.1) is 24.3 Å². The minimum atomic E-state index is -0.584. The van der Waals surface area contributed by atoms with Crippen molar-refractivity contribution in [3.63, 3.8) is 0 Å². The third kappa shape index (κ3) is 4.32. The van der Waals surface area contributed by atoms with Gasteiger partial charge < -0.3 is 14.2 Å². The van der Waals surface area contributed by atoms with Crippen molar-refractivity contribution >= 4 is 23.4 Å². The summed E-state index contributed by atoms with van der Waals surface area (Å²) in [4.78, 5) is 39.6. The molecule has 1 unspecified atom stereocenters. The van der Waals surface area contributed by atoms with Crippen molar-refractivity contribution in [1.82, 2.24) is 15.4 Å². The molecule has 8 heteroatoms. The van der Waals surface area contributed by atoms with Crippen LogP contribution in [0.25, 0.3) is 5.69 Å². The van der Waals surface area contributed by atoms with Gasteiger partial charge in [0, 0.05) is 30.0 Å².